The Morgan fingerprint density at radius 2 is 1.73 bits per heavy atom. The second-order valence-corrected chi connectivity index (χ2v) is 10.7. The maximum Gasteiger partial charge on any atom is 0.449 e. The van der Waals surface area contributed by atoms with Gasteiger partial charge in [0.15, 0.2) is 5.82 Å². The van der Waals surface area contributed by atoms with Crippen molar-refractivity contribution in [1.82, 2.24) is 20.1 Å². The summed E-state index contributed by atoms with van der Waals surface area (Å²) in [4.78, 5) is 13.4. The van der Waals surface area contributed by atoms with E-state index < -0.39 is 28.8 Å². The van der Waals surface area contributed by atoms with Crippen LogP contribution in [0.2, 0.25) is 0 Å². The number of nitrogens with one attached hydrogen (secondary N) is 2. The lowest BCUT2D eigenvalue weighted by molar-refractivity contribution is -0.168. The number of hydrogen-bond donors (Lipinski definition) is 2. The van der Waals surface area contributed by atoms with E-state index in [0.29, 0.717) is 35.4 Å². The van der Waals surface area contributed by atoms with E-state index in [1.165, 1.54) is 5.56 Å². The van der Waals surface area contributed by atoms with E-state index >= 15 is 4.39 Å². The summed E-state index contributed by atoms with van der Waals surface area (Å²) in [5.41, 5.74) is 4.96. The van der Waals surface area contributed by atoms with E-state index in [2.05, 4.69) is 27.2 Å². The van der Waals surface area contributed by atoms with Gasteiger partial charge >= 0.3 is 6.18 Å². The number of alkyl halides is 3. The van der Waals surface area contributed by atoms with Gasteiger partial charge in [-0.2, -0.15) is 18.3 Å². The third-order valence-electron chi connectivity index (χ3n) is 6.38. The Labute approximate surface area is 237 Å². The van der Waals surface area contributed by atoms with Crippen molar-refractivity contribution in [3.8, 4) is 28.1 Å². The highest BCUT2D eigenvalue weighted by atomic mass is 32.2. The number of pyridine rings is 1. The van der Waals surface area contributed by atoms with Crippen LogP contribution in [-0.4, -0.2) is 49.8 Å². The van der Waals surface area contributed by atoms with Crippen molar-refractivity contribution in [1.29, 1.82) is 0 Å². The van der Waals surface area contributed by atoms with Crippen LogP contribution in [0.4, 0.5) is 23.2 Å². The first-order chi connectivity index (χ1) is 19.6. The van der Waals surface area contributed by atoms with E-state index in [4.69, 9.17) is 5.10 Å². The van der Waals surface area contributed by atoms with Crippen LogP contribution in [0, 0.1) is 5.82 Å². The highest BCUT2D eigenvalue weighted by Crippen LogP contribution is 2.36. The molecule has 12 heteroatoms. The molecule has 2 aromatic heterocycles. The summed E-state index contributed by atoms with van der Waals surface area (Å²) in [6.45, 7) is 4.44. The predicted octanol–water partition coefficient (Wildman–Crippen LogP) is 6.05. The minimum Gasteiger partial charge on any atom is -0.315 e. The minimum atomic E-state index is -4.64. The number of ketones is 1. The average Bonchev–Trinajstić information content (AvgIpc) is 3.35. The molecule has 2 N–H and O–H groups in total. The van der Waals surface area contributed by atoms with Gasteiger partial charge in [0.2, 0.25) is 5.78 Å². The number of benzene rings is 2. The quantitative estimate of drug-likeness (QED) is 0.245. The van der Waals surface area contributed by atoms with Crippen molar-refractivity contribution in [2.24, 2.45) is 0 Å². The molecule has 7 nitrogen and oxygen atoms in total. The standard InChI is InChI=1S/C26H26FN5OS.C3H3F3O/c1-2-14-34(33)31-24-5-3-4-22(25(24)27)23-17-32(30-26(23)19-10-12-28-13-11-19)21-8-6-18(7-9-21)20-15-29-16-20;1-2(7)3(4,5)6/h3-13,17,20,29,31H,2,14-16H2,1H3;1H3. The van der Waals surface area contributed by atoms with Gasteiger partial charge in [-0.1, -0.05) is 31.2 Å². The highest BCUT2D eigenvalue weighted by Gasteiger charge is 2.33. The van der Waals surface area contributed by atoms with Gasteiger partial charge < -0.3 is 10.0 Å². The largest absolute Gasteiger partial charge is 0.449 e. The summed E-state index contributed by atoms with van der Waals surface area (Å²) in [5, 5.41) is 8.13. The fourth-order valence-corrected chi connectivity index (χ4v) is 4.90. The van der Waals surface area contributed by atoms with Crippen LogP contribution in [0.1, 0.15) is 31.7 Å². The number of anilines is 1. The second-order valence-electron chi connectivity index (χ2n) is 9.39. The molecule has 0 saturated carbocycles. The maximum atomic E-state index is 15.6. The minimum absolute atomic E-state index is 0.219. The molecule has 1 unspecified atom stereocenters. The Hall–Kier alpha value is -3.90. The summed E-state index contributed by atoms with van der Waals surface area (Å²) in [7, 11) is -1.34. The number of carbonyl (C=O) groups is 1. The molecule has 1 aliphatic rings. The number of halogens is 4. The van der Waals surface area contributed by atoms with Gasteiger partial charge in [-0.3, -0.25) is 9.78 Å². The molecule has 0 amide bonds. The number of rotatable bonds is 8. The monoisotopic (exact) mass is 587 g/mol. The van der Waals surface area contributed by atoms with Crippen LogP contribution in [0.25, 0.3) is 28.1 Å². The third-order valence-corrected chi connectivity index (χ3v) is 7.61. The Morgan fingerprint density at radius 1 is 1.07 bits per heavy atom. The highest BCUT2D eigenvalue weighted by molar-refractivity contribution is 7.86. The fourth-order valence-electron chi connectivity index (χ4n) is 4.03. The number of hydrogen-bond acceptors (Lipinski definition) is 5. The molecule has 0 spiro atoms. The van der Waals surface area contributed by atoms with E-state index in [1.807, 2.05) is 37.4 Å². The van der Waals surface area contributed by atoms with Crippen LogP contribution in [0.15, 0.2) is 73.2 Å². The lowest BCUT2D eigenvalue weighted by Gasteiger charge is -2.27. The van der Waals surface area contributed by atoms with Crippen molar-refractivity contribution in [3.63, 3.8) is 0 Å². The van der Waals surface area contributed by atoms with Crippen molar-refractivity contribution in [3.05, 3.63) is 84.6 Å². The molecule has 41 heavy (non-hydrogen) atoms. The average molecular weight is 588 g/mol. The topological polar surface area (TPSA) is 88.9 Å². The number of aromatic nitrogens is 3. The first-order valence-electron chi connectivity index (χ1n) is 12.9. The zero-order valence-electron chi connectivity index (χ0n) is 22.4. The molecule has 1 fully saturated rings. The lowest BCUT2D eigenvalue weighted by atomic mass is 9.94. The zero-order chi connectivity index (χ0) is 29.6. The fraction of sp³-hybridized carbons (Fsp3) is 0.276. The number of carbonyl (C=O) groups excluding carboxylic acids is 1. The van der Waals surface area contributed by atoms with E-state index in [-0.39, 0.29) is 5.69 Å². The Morgan fingerprint density at radius 3 is 2.29 bits per heavy atom. The third kappa shape index (κ3) is 7.44. The van der Waals surface area contributed by atoms with Crippen molar-refractivity contribution in [2.75, 3.05) is 23.6 Å². The molecule has 1 saturated heterocycles. The summed E-state index contributed by atoms with van der Waals surface area (Å²) in [6, 6.07) is 17.2. The van der Waals surface area contributed by atoms with Crippen LogP contribution in [-0.2, 0) is 15.8 Å². The SMILES string of the molecule is CC(=O)C(F)(F)F.CCCS(=O)Nc1cccc(-c2cn(-c3ccc(C4CNC4)cc3)nc2-c2ccncc2)c1F. The molecule has 2 aromatic carbocycles. The van der Waals surface area contributed by atoms with Crippen LogP contribution >= 0.6 is 0 Å². The van der Waals surface area contributed by atoms with E-state index in [0.717, 1.165) is 30.8 Å². The summed E-state index contributed by atoms with van der Waals surface area (Å²) >= 11 is 0. The molecule has 1 atom stereocenters. The van der Waals surface area contributed by atoms with Crippen LogP contribution < -0.4 is 10.0 Å². The molecule has 0 radical (unpaired) electrons. The van der Waals surface area contributed by atoms with Crippen molar-refractivity contribution < 1.29 is 26.6 Å². The van der Waals surface area contributed by atoms with Gasteiger partial charge in [-0.25, -0.2) is 13.3 Å². The molecule has 4 aromatic rings. The van der Waals surface area contributed by atoms with Gasteiger partial charge in [0.05, 0.1) is 11.4 Å². The van der Waals surface area contributed by atoms with E-state index in [9.17, 15) is 22.2 Å². The summed E-state index contributed by atoms with van der Waals surface area (Å²) in [6.07, 6.45) is 1.35. The lowest BCUT2D eigenvalue weighted by Crippen LogP contribution is -2.39. The molecule has 0 bridgehead atoms. The molecule has 1 aliphatic heterocycles. The molecular weight excluding hydrogens is 558 g/mol. The van der Waals surface area contributed by atoms with Gasteiger partial charge in [0.25, 0.3) is 0 Å². The van der Waals surface area contributed by atoms with E-state index in [1.54, 1.807) is 35.3 Å². The Bertz CT molecular complexity index is 1500. The smallest absolute Gasteiger partial charge is 0.315 e. The molecule has 3 heterocycles. The van der Waals surface area contributed by atoms with Gasteiger partial charge in [0.1, 0.15) is 16.7 Å². The summed E-state index contributed by atoms with van der Waals surface area (Å²) < 4.78 is 64.9. The first-order valence-corrected chi connectivity index (χ1v) is 14.2. The van der Waals surface area contributed by atoms with Crippen LogP contribution in [0.3, 0.4) is 0 Å². The molecule has 216 valence electrons. The normalized spacial score (nSPS) is 14.0. The van der Waals surface area contributed by atoms with Gasteiger partial charge in [-0.05, 0) is 42.3 Å². The first kappa shape index (κ1) is 30.1. The zero-order valence-corrected chi connectivity index (χ0v) is 23.2. The molecule has 0 aliphatic carbocycles. The number of nitrogens with zero attached hydrogens (tertiary/aromatic N) is 3. The van der Waals surface area contributed by atoms with Crippen LogP contribution in [0.5, 0.6) is 0 Å². The summed E-state index contributed by atoms with van der Waals surface area (Å²) in [5.74, 6) is -1.20. The second kappa shape index (κ2) is 13.2. The molecular formula is C29H29F4N5O2S. The Balaban J connectivity index is 0.000000493. The van der Waals surface area contributed by atoms with Crippen molar-refractivity contribution in [2.45, 2.75) is 32.4 Å². The maximum absolute atomic E-state index is 15.6. The predicted molar refractivity (Wildman–Crippen MR) is 151 cm³/mol. The Kier molecular flexibility index (Phi) is 9.66. The van der Waals surface area contributed by atoms with Gasteiger partial charge in [-0.15, -0.1) is 0 Å². The van der Waals surface area contributed by atoms with Gasteiger partial charge in [0, 0.05) is 67.0 Å². The van der Waals surface area contributed by atoms with Crippen molar-refractivity contribution >= 4 is 22.5 Å². The molecule has 5 rings (SSSR count). The number of Topliss-reactive ketones (excluding diaryl/α,β-unsaturated/α-hetero) is 1.